The lowest BCUT2D eigenvalue weighted by atomic mass is 9.81. The van der Waals surface area contributed by atoms with E-state index in [1.165, 1.54) is 6.42 Å². The van der Waals surface area contributed by atoms with Gasteiger partial charge in [0.15, 0.2) is 0 Å². The molecule has 2 heterocycles. The molecule has 62 valence electrons. The molecular weight excluding hydrogens is 140 g/mol. The average Bonchev–Trinajstić information content (AvgIpc) is 2.04. The van der Waals surface area contributed by atoms with Gasteiger partial charge in [0.2, 0.25) is 5.91 Å². The van der Waals surface area contributed by atoms with E-state index < -0.39 is 0 Å². The van der Waals surface area contributed by atoms with E-state index in [1.54, 1.807) is 0 Å². The van der Waals surface area contributed by atoms with Crippen molar-refractivity contribution in [2.75, 3.05) is 19.6 Å². The Morgan fingerprint density at radius 2 is 2.18 bits per heavy atom. The molecule has 0 aliphatic carbocycles. The molecule has 0 aromatic carbocycles. The highest BCUT2D eigenvalue weighted by molar-refractivity contribution is 5.77. The summed E-state index contributed by atoms with van der Waals surface area (Å²) >= 11 is 0. The second kappa shape index (κ2) is 2.81. The predicted octanol–water partition coefficient (Wildman–Crippen LogP) is -0.268. The Morgan fingerprint density at radius 1 is 1.27 bits per heavy atom. The van der Waals surface area contributed by atoms with Gasteiger partial charge in [0.05, 0.1) is 0 Å². The predicted molar refractivity (Wildman–Crippen MR) is 42.1 cm³/mol. The van der Waals surface area contributed by atoms with Gasteiger partial charge in [-0.05, 0) is 31.3 Å². The molecule has 2 atom stereocenters. The molecule has 2 fully saturated rings. The van der Waals surface area contributed by atoms with Crippen LogP contribution < -0.4 is 10.6 Å². The zero-order valence-corrected chi connectivity index (χ0v) is 6.60. The minimum atomic E-state index is 0.244. The van der Waals surface area contributed by atoms with Crippen molar-refractivity contribution in [2.45, 2.75) is 12.8 Å². The molecule has 1 amide bonds. The smallest absolute Gasteiger partial charge is 0.220 e. The van der Waals surface area contributed by atoms with Crippen LogP contribution in [0.2, 0.25) is 0 Å². The highest BCUT2D eigenvalue weighted by Crippen LogP contribution is 2.24. The van der Waals surface area contributed by atoms with Gasteiger partial charge in [0.25, 0.3) is 0 Å². The molecule has 0 radical (unpaired) electrons. The van der Waals surface area contributed by atoms with E-state index in [0.717, 1.165) is 26.1 Å². The Kier molecular flexibility index (Phi) is 1.82. The fourth-order valence-corrected chi connectivity index (χ4v) is 2.04. The highest BCUT2D eigenvalue weighted by atomic mass is 16.1. The number of rotatable bonds is 0. The molecule has 0 aromatic rings. The van der Waals surface area contributed by atoms with E-state index in [1.807, 2.05) is 0 Å². The normalized spacial score (nSPS) is 37.6. The molecule has 0 bridgehead atoms. The van der Waals surface area contributed by atoms with E-state index in [4.69, 9.17) is 0 Å². The lowest BCUT2D eigenvalue weighted by Crippen LogP contribution is -2.48. The average molecular weight is 154 g/mol. The quantitative estimate of drug-likeness (QED) is 0.504. The third-order valence-corrected chi connectivity index (χ3v) is 2.77. The van der Waals surface area contributed by atoms with Crippen molar-refractivity contribution in [2.24, 2.45) is 11.8 Å². The summed E-state index contributed by atoms with van der Waals surface area (Å²) in [7, 11) is 0. The monoisotopic (exact) mass is 154 g/mol. The van der Waals surface area contributed by atoms with Crippen LogP contribution in [-0.2, 0) is 4.79 Å². The van der Waals surface area contributed by atoms with Crippen molar-refractivity contribution in [3.8, 4) is 0 Å². The van der Waals surface area contributed by atoms with E-state index in [2.05, 4.69) is 10.6 Å². The highest BCUT2D eigenvalue weighted by Gasteiger charge is 2.30. The van der Waals surface area contributed by atoms with Crippen LogP contribution in [0.15, 0.2) is 0 Å². The lowest BCUT2D eigenvalue weighted by molar-refractivity contribution is -0.125. The molecule has 0 spiro atoms. The SMILES string of the molecule is O=C1CC2CCNCC2CN1. The number of carbonyl (C=O) groups is 1. The van der Waals surface area contributed by atoms with Crippen LogP contribution in [0.4, 0.5) is 0 Å². The maximum atomic E-state index is 11.0. The van der Waals surface area contributed by atoms with Crippen molar-refractivity contribution in [3.63, 3.8) is 0 Å². The molecule has 2 N–H and O–H groups in total. The Morgan fingerprint density at radius 3 is 3.09 bits per heavy atom. The number of fused-ring (bicyclic) bond motifs is 1. The van der Waals surface area contributed by atoms with Crippen molar-refractivity contribution < 1.29 is 4.79 Å². The van der Waals surface area contributed by atoms with Gasteiger partial charge in [-0.3, -0.25) is 4.79 Å². The van der Waals surface area contributed by atoms with Crippen LogP contribution in [0.25, 0.3) is 0 Å². The molecule has 2 aliphatic rings. The van der Waals surface area contributed by atoms with Gasteiger partial charge in [-0.1, -0.05) is 0 Å². The lowest BCUT2D eigenvalue weighted by Gasteiger charge is -2.35. The van der Waals surface area contributed by atoms with Crippen LogP contribution in [0.5, 0.6) is 0 Å². The van der Waals surface area contributed by atoms with Gasteiger partial charge in [-0.2, -0.15) is 0 Å². The van der Waals surface area contributed by atoms with E-state index in [-0.39, 0.29) is 5.91 Å². The summed E-state index contributed by atoms with van der Waals surface area (Å²) in [5, 5.41) is 6.25. The Labute approximate surface area is 66.5 Å². The van der Waals surface area contributed by atoms with Crippen LogP contribution in [0.1, 0.15) is 12.8 Å². The van der Waals surface area contributed by atoms with E-state index in [0.29, 0.717) is 11.8 Å². The molecule has 3 heteroatoms. The molecule has 2 aliphatic heterocycles. The first kappa shape index (κ1) is 7.10. The van der Waals surface area contributed by atoms with Crippen LogP contribution in [0.3, 0.4) is 0 Å². The van der Waals surface area contributed by atoms with Crippen molar-refractivity contribution in [3.05, 3.63) is 0 Å². The maximum Gasteiger partial charge on any atom is 0.220 e. The fourth-order valence-electron chi connectivity index (χ4n) is 2.04. The topological polar surface area (TPSA) is 41.1 Å². The van der Waals surface area contributed by atoms with Gasteiger partial charge >= 0.3 is 0 Å². The number of piperidine rings is 2. The third-order valence-electron chi connectivity index (χ3n) is 2.77. The number of amides is 1. The van der Waals surface area contributed by atoms with Gasteiger partial charge in [0.1, 0.15) is 0 Å². The summed E-state index contributed by atoms with van der Waals surface area (Å²) in [6.45, 7) is 3.07. The van der Waals surface area contributed by atoms with Gasteiger partial charge in [0, 0.05) is 13.0 Å². The minimum absolute atomic E-state index is 0.244. The summed E-state index contributed by atoms with van der Waals surface area (Å²) in [5.41, 5.74) is 0. The van der Waals surface area contributed by atoms with Gasteiger partial charge in [-0.15, -0.1) is 0 Å². The molecule has 3 nitrogen and oxygen atoms in total. The Hall–Kier alpha value is -0.570. The summed E-state index contributed by atoms with van der Waals surface area (Å²) in [4.78, 5) is 11.0. The van der Waals surface area contributed by atoms with Crippen LogP contribution in [-0.4, -0.2) is 25.5 Å². The number of nitrogens with one attached hydrogen (secondary N) is 2. The van der Waals surface area contributed by atoms with Crippen LogP contribution in [0, 0.1) is 11.8 Å². The largest absolute Gasteiger partial charge is 0.356 e. The second-order valence-corrected chi connectivity index (χ2v) is 3.52. The summed E-state index contributed by atoms with van der Waals surface area (Å²) in [6, 6.07) is 0. The first-order chi connectivity index (χ1) is 5.36. The summed E-state index contributed by atoms with van der Waals surface area (Å²) < 4.78 is 0. The van der Waals surface area contributed by atoms with Crippen molar-refractivity contribution >= 4 is 5.91 Å². The molecule has 11 heavy (non-hydrogen) atoms. The second-order valence-electron chi connectivity index (χ2n) is 3.52. The van der Waals surface area contributed by atoms with Crippen LogP contribution >= 0.6 is 0 Å². The minimum Gasteiger partial charge on any atom is -0.356 e. The first-order valence-corrected chi connectivity index (χ1v) is 4.33. The van der Waals surface area contributed by atoms with Crippen molar-refractivity contribution in [1.29, 1.82) is 0 Å². The standard InChI is InChI=1S/C8H14N2O/c11-8-3-6-1-2-9-4-7(6)5-10-8/h6-7,9H,1-5H2,(H,10,11). The van der Waals surface area contributed by atoms with E-state index in [9.17, 15) is 4.79 Å². The van der Waals surface area contributed by atoms with Crippen molar-refractivity contribution in [1.82, 2.24) is 10.6 Å². The number of carbonyl (C=O) groups excluding carboxylic acids is 1. The van der Waals surface area contributed by atoms with Gasteiger partial charge in [-0.25, -0.2) is 0 Å². The molecule has 2 rings (SSSR count). The Bertz CT molecular complexity index is 169. The first-order valence-electron chi connectivity index (χ1n) is 4.33. The molecule has 2 unspecified atom stereocenters. The zero-order chi connectivity index (χ0) is 7.68. The molecule has 0 saturated carbocycles. The zero-order valence-electron chi connectivity index (χ0n) is 6.60. The number of hydrogen-bond acceptors (Lipinski definition) is 2. The number of hydrogen-bond donors (Lipinski definition) is 2. The Balaban J connectivity index is 1.98. The summed E-state index contributed by atoms with van der Waals surface area (Å²) in [6.07, 6.45) is 1.93. The van der Waals surface area contributed by atoms with E-state index >= 15 is 0 Å². The molecule has 2 saturated heterocycles. The maximum absolute atomic E-state index is 11.0. The third kappa shape index (κ3) is 1.38. The molecular formula is C8H14N2O. The van der Waals surface area contributed by atoms with Gasteiger partial charge < -0.3 is 10.6 Å². The fraction of sp³-hybridized carbons (Fsp3) is 0.875. The summed E-state index contributed by atoms with van der Waals surface area (Å²) in [5.74, 6) is 1.60. The molecule has 0 aromatic heterocycles.